The number of fused-ring (bicyclic) bond motifs is 3. The number of aromatic hydroxyl groups is 1. The average Bonchev–Trinajstić information content (AvgIpc) is 3.01. The average molecular weight is 516 g/mol. The van der Waals surface area contributed by atoms with Gasteiger partial charge in [-0.1, -0.05) is 36.4 Å². The first-order valence-corrected chi connectivity index (χ1v) is 12.2. The number of benzene rings is 2. The maximum absolute atomic E-state index is 13.9. The first-order chi connectivity index (χ1) is 17.2. The quantitative estimate of drug-likeness (QED) is 0.525. The molecule has 7 nitrogen and oxygen atoms in total. The molecule has 0 saturated carbocycles. The maximum atomic E-state index is 13.9. The SMILES string of the molecule is C[C@@H](N1CN2[C@@H]3c4ccccc4SCc4cccc(c43)COc3cc(=O)c(O)c(n32)C1=O)C(F)(F)F. The molecule has 1 amide bonds. The predicted molar refractivity (Wildman–Crippen MR) is 126 cm³/mol. The summed E-state index contributed by atoms with van der Waals surface area (Å²) in [5, 5.41) is 12.2. The number of pyridine rings is 1. The van der Waals surface area contributed by atoms with Gasteiger partial charge in [-0.3, -0.25) is 14.6 Å². The Labute approximate surface area is 207 Å². The predicted octanol–water partition coefficient (Wildman–Crippen LogP) is 4.14. The normalized spacial score (nSPS) is 19.2. The third kappa shape index (κ3) is 3.29. The number of thioether (sulfide) groups is 1. The fourth-order valence-electron chi connectivity index (χ4n) is 5.09. The Morgan fingerprint density at radius 2 is 1.86 bits per heavy atom. The molecule has 0 bridgehead atoms. The van der Waals surface area contributed by atoms with Gasteiger partial charge in [0.2, 0.25) is 11.3 Å². The maximum Gasteiger partial charge on any atom is 0.408 e. The van der Waals surface area contributed by atoms with Gasteiger partial charge in [0.05, 0.1) is 12.1 Å². The van der Waals surface area contributed by atoms with Crippen molar-refractivity contribution in [1.29, 1.82) is 0 Å². The number of halogens is 3. The number of hydrogen-bond acceptors (Lipinski definition) is 6. The second-order valence-corrected chi connectivity index (χ2v) is 9.95. The van der Waals surface area contributed by atoms with Crippen molar-refractivity contribution in [2.45, 2.75) is 42.4 Å². The summed E-state index contributed by atoms with van der Waals surface area (Å²) < 4.78 is 48.8. The molecule has 0 radical (unpaired) electrons. The number of rotatable bonds is 1. The van der Waals surface area contributed by atoms with Gasteiger partial charge in [-0.2, -0.15) is 13.2 Å². The minimum atomic E-state index is -4.72. The number of amides is 1. The Morgan fingerprint density at radius 1 is 1.11 bits per heavy atom. The number of carbonyl (C=O) groups is 1. The van der Waals surface area contributed by atoms with Crippen molar-refractivity contribution >= 4 is 17.7 Å². The highest BCUT2D eigenvalue weighted by atomic mass is 32.2. The molecule has 0 spiro atoms. The molecule has 36 heavy (non-hydrogen) atoms. The Balaban J connectivity index is 1.68. The Hall–Kier alpha value is -3.60. The van der Waals surface area contributed by atoms with Crippen molar-refractivity contribution in [1.82, 2.24) is 9.58 Å². The van der Waals surface area contributed by atoms with Crippen LogP contribution in [0.15, 0.2) is 58.2 Å². The molecular weight excluding hydrogens is 495 g/mol. The van der Waals surface area contributed by atoms with E-state index in [0.717, 1.165) is 40.1 Å². The van der Waals surface area contributed by atoms with E-state index in [9.17, 15) is 27.9 Å². The van der Waals surface area contributed by atoms with Crippen molar-refractivity contribution in [3.05, 3.63) is 86.7 Å². The molecule has 0 aliphatic carbocycles. The number of aromatic nitrogens is 1. The van der Waals surface area contributed by atoms with Crippen LogP contribution >= 0.6 is 11.8 Å². The summed E-state index contributed by atoms with van der Waals surface area (Å²) in [4.78, 5) is 27.5. The fourth-order valence-corrected chi connectivity index (χ4v) is 6.17. The van der Waals surface area contributed by atoms with E-state index in [2.05, 4.69) is 0 Å². The lowest BCUT2D eigenvalue weighted by Gasteiger charge is -2.47. The smallest absolute Gasteiger partial charge is 0.408 e. The number of ether oxygens (including phenoxy) is 1. The number of alkyl halides is 3. The van der Waals surface area contributed by atoms with E-state index in [1.165, 1.54) is 4.68 Å². The standard InChI is InChI=1S/C25H20F3N3O4S/c1-13(25(26,27)28)29-12-30-21-16-7-2-3-8-18(16)36-11-15-6-4-5-14(20(15)21)10-35-19-9-17(32)23(33)22(24(29)34)31(19)30/h2-9,13,21,33H,10-12H2,1H3/t13-,21-/m1/s1. The van der Waals surface area contributed by atoms with E-state index in [1.807, 2.05) is 42.5 Å². The van der Waals surface area contributed by atoms with Crippen LogP contribution in [-0.4, -0.2) is 39.5 Å². The molecule has 2 aromatic carbocycles. The zero-order valence-corrected chi connectivity index (χ0v) is 19.8. The molecular formula is C25H20F3N3O4S. The molecule has 0 unspecified atom stereocenters. The van der Waals surface area contributed by atoms with Crippen molar-refractivity contribution < 1.29 is 27.8 Å². The van der Waals surface area contributed by atoms with Gasteiger partial charge < -0.3 is 14.7 Å². The van der Waals surface area contributed by atoms with Gasteiger partial charge in [0.25, 0.3) is 5.91 Å². The van der Waals surface area contributed by atoms with E-state index in [4.69, 9.17) is 4.74 Å². The first kappa shape index (κ1) is 22.8. The third-order valence-corrected chi connectivity index (χ3v) is 8.06. The molecule has 6 rings (SSSR count). The van der Waals surface area contributed by atoms with Crippen molar-refractivity contribution in [2.24, 2.45) is 0 Å². The zero-order valence-electron chi connectivity index (χ0n) is 19.0. The number of nitrogens with zero attached hydrogens (tertiary/aromatic N) is 3. The van der Waals surface area contributed by atoms with Gasteiger partial charge in [0.15, 0.2) is 11.4 Å². The van der Waals surface area contributed by atoms with Crippen LogP contribution in [0.1, 0.15) is 45.7 Å². The molecule has 186 valence electrons. The minimum absolute atomic E-state index is 0.0223. The summed E-state index contributed by atoms with van der Waals surface area (Å²) >= 11 is 1.62. The summed E-state index contributed by atoms with van der Waals surface area (Å²) in [7, 11) is 0. The fraction of sp³-hybridized carbons (Fsp3) is 0.280. The van der Waals surface area contributed by atoms with Crippen LogP contribution in [0.25, 0.3) is 0 Å². The van der Waals surface area contributed by atoms with E-state index >= 15 is 0 Å². The molecule has 11 heteroatoms. The van der Waals surface area contributed by atoms with Crippen LogP contribution in [0.5, 0.6) is 11.6 Å². The lowest BCUT2D eigenvalue weighted by atomic mass is 9.90. The highest BCUT2D eigenvalue weighted by Gasteiger charge is 2.49. The van der Waals surface area contributed by atoms with E-state index in [-0.39, 0.29) is 12.5 Å². The zero-order chi connectivity index (χ0) is 25.4. The van der Waals surface area contributed by atoms with Gasteiger partial charge in [0, 0.05) is 10.6 Å². The summed E-state index contributed by atoms with van der Waals surface area (Å²) in [6.07, 6.45) is -4.72. The molecule has 2 atom stereocenters. The van der Waals surface area contributed by atoms with Crippen LogP contribution in [0, 0.1) is 0 Å². The largest absolute Gasteiger partial charge is 0.502 e. The van der Waals surface area contributed by atoms with Crippen molar-refractivity contribution in [2.75, 3.05) is 11.7 Å². The lowest BCUT2D eigenvalue weighted by molar-refractivity contribution is -0.173. The summed E-state index contributed by atoms with van der Waals surface area (Å²) in [6, 6.07) is 11.7. The Kier molecular flexibility index (Phi) is 5.05. The summed E-state index contributed by atoms with van der Waals surface area (Å²) in [5.74, 6) is -1.39. The van der Waals surface area contributed by atoms with Gasteiger partial charge in [-0.15, -0.1) is 11.8 Å². The van der Waals surface area contributed by atoms with Gasteiger partial charge in [0.1, 0.15) is 19.3 Å². The molecule has 1 aromatic heterocycles. The number of carbonyl (C=O) groups excluding carboxylic acids is 1. The third-order valence-electron chi connectivity index (χ3n) is 6.92. The van der Waals surface area contributed by atoms with E-state index in [1.54, 1.807) is 16.8 Å². The van der Waals surface area contributed by atoms with Gasteiger partial charge >= 0.3 is 6.18 Å². The van der Waals surface area contributed by atoms with Crippen LogP contribution in [0.2, 0.25) is 0 Å². The van der Waals surface area contributed by atoms with Crippen molar-refractivity contribution in [3.63, 3.8) is 0 Å². The topological polar surface area (TPSA) is 75.0 Å². The monoisotopic (exact) mass is 515 g/mol. The summed E-state index contributed by atoms with van der Waals surface area (Å²) in [6.45, 7) is 0.535. The van der Waals surface area contributed by atoms with Gasteiger partial charge in [-0.25, -0.2) is 4.68 Å². The highest BCUT2D eigenvalue weighted by Crippen LogP contribution is 2.46. The molecule has 3 aliphatic heterocycles. The highest BCUT2D eigenvalue weighted by molar-refractivity contribution is 7.98. The Morgan fingerprint density at radius 3 is 2.64 bits per heavy atom. The van der Waals surface area contributed by atoms with E-state index < -0.39 is 47.7 Å². The molecule has 1 N–H and O–H groups in total. The van der Waals surface area contributed by atoms with E-state index in [0.29, 0.717) is 10.7 Å². The molecule has 4 heterocycles. The second kappa shape index (κ2) is 7.95. The molecule has 3 aromatic rings. The summed E-state index contributed by atoms with van der Waals surface area (Å²) in [5.41, 5.74) is 2.09. The Bertz CT molecular complexity index is 1470. The van der Waals surface area contributed by atoms with Crippen LogP contribution < -0.4 is 15.2 Å². The van der Waals surface area contributed by atoms with Crippen molar-refractivity contribution in [3.8, 4) is 11.6 Å². The molecule has 0 fully saturated rings. The van der Waals surface area contributed by atoms with Crippen LogP contribution in [0.4, 0.5) is 13.2 Å². The van der Waals surface area contributed by atoms with Crippen LogP contribution in [0.3, 0.4) is 0 Å². The number of hydrogen-bond donors (Lipinski definition) is 1. The van der Waals surface area contributed by atoms with Gasteiger partial charge in [-0.05, 0) is 35.2 Å². The first-order valence-electron chi connectivity index (χ1n) is 11.3. The van der Waals surface area contributed by atoms with Crippen LogP contribution in [-0.2, 0) is 12.4 Å². The molecule has 0 saturated heterocycles. The second-order valence-electron chi connectivity index (χ2n) is 8.94. The lowest BCUT2D eigenvalue weighted by Crippen LogP contribution is -2.60. The minimum Gasteiger partial charge on any atom is -0.502 e. The molecule has 3 aliphatic rings.